The summed E-state index contributed by atoms with van der Waals surface area (Å²) >= 11 is 6.34. The number of para-hydroxylation sites is 3. The first-order chi connectivity index (χ1) is 20.6. The number of benzene rings is 4. The van der Waals surface area contributed by atoms with Gasteiger partial charge in [-0.3, -0.25) is 0 Å². The highest BCUT2D eigenvalue weighted by Crippen LogP contribution is 2.48. The van der Waals surface area contributed by atoms with Crippen molar-refractivity contribution in [1.82, 2.24) is 9.78 Å². The molecule has 0 saturated heterocycles. The molecular formula is C33H27ClN6O2. The number of hydrogen-bond acceptors (Lipinski definition) is 7. The molecule has 0 fully saturated rings. The monoisotopic (exact) mass is 574 g/mol. The molecule has 42 heavy (non-hydrogen) atoms. The summed E-state index contributed by atoms with van der Waals surface area (Å²) in [7, 11) is 3.24. The molecule has 2 aliphatic heterocycles. The number of halogens is 1. The van der Waals surface area contributed by atoms with Crippen LogP contribution in [-0.4, -0.2) is 35.7 Å². The highest BCUT2D eigenvalue weighted by atomic mass is 35.5. The van der Waals surface area contributed by atoms with Crippen LogP contribution in [0.15, 0.2) is 107 Å². The molecule has 1 aromatic heterocycles. The number of methoxy groups -OCH3 is 2. The van der Waals surface area contributed by atoms with E-state index in [2.05, 4.69) is 28.4 Å². The van der Waals surface area contributed by atoms with Crippen molar-refractivity contribution < 1.29 is 9.47 Å². The summed E-state index contributed by atoms with van der Waals surface area (Å²) in [5, 5.41) is 9.18. The van der Waals surface area contributed by atoms with Gasteiger partial charge in [0.1, 0.15) is 0 Å². The van der Waals surface area contributed by atoms with E-state index in [9.17, 15) is 0 Å². The zero-order valence-electron chi connectivity index (χ0n) is 23.2. The van der Waals surface area contributed by atoms with Crippen LogP contribution in [0.5, 0.6) is 11.5 Å². The highest BCUT2D eigenvalue weighted by Gasteiger charge is 2.41. The van der Waals surface area contributed by atoms with Gasteiger partial charge in [0.15, 0.2) is 29.0 Å². The van der Waals surface area contributed by atoms with Crippen LogP contribution in [0.2, 0.25) is 5.02 Å². The average Bonchev–Trinajstić information content (AvgIpc) is 3.36. The Morgan fingerprint density at radius 3 is 2.31 bits per heavy atom. The van der Waals surface area contributed by atoms with Crippen molar-refractivity contribution in [3.8, 4) is 17.2 Å². The first-order valence-electron chi connectivity index (χ1n) is 13.5. The van der Waals surface area contributed by atoms with Gasteiger partial charge in [0, 0.05) is 22.3 Å². The topological polar surface area (TPSA) is 76.3 Å². The number of aromatic nitrogens is 2. The smallest absolute Gasteiger partial charge is 0.179 e. The lowest BCUT2D eigenvalue weighted by Crippen LogP contribution is -2.46. The normalized spacial score (nSPS) is 15.1. The fourth-order valence-corrected chi connectivity index (χ4v) is 5.68. The molecule has 1 atom stereocenters. The minimum Gasteiger partial charge on any atom is -0.493 e. The molecular weight excluding hydrogens is 548 g/mol. The highest BCUT2D eigenvalue weighted by molar-refractivity contribution is 6.51. The molecule has 9 heteroatoms. The number of rotatable bonds is 5. The maximum Gasteiger partial charge on any atom is 0.179 e. The Balaban J connectivity index is 1.46. The molecule has 0 bridgehead atoms. The summed E-state index contributed by atoms with van der Waals surface area (Å²) in [6.07, 6.45) is 0. The number of nitrogens with one attached hydrogen (secondary N) is 1. The summed E-state index contributed by atoms with van der Waals surface area (Å²) in [4.78, 5) is 12.6. The second kappa shape index (κ2) is 10.4. The lowest BCUT2D eigenvalue weighted by atomic mass is 9.93. The van der Waals surface area contributed by atoms with E-state index >= 15 is 0 Å². The van der Waals surface area contributed by atoms with E-state index in [1.807, 2.05) is 90.5 Å². The number of ether oxygens (including phenoxy) is 2. The number of hydrogen-bond donors (Lipinski definition) is 1. The third-order valence-corrected chi connectivity index (χ3v) is 7.72. The molecule has 208 valence electrons. The van der Waals surface area contributed by atoms with Crippen molar-refractivity contribution in [3.63, 3.8) is 0 Å². The van der Waals surface area contributed by atoms with E-state index in [1.54, 1.807) is 14.2 Å². The molecule has 8 nitrogen and oxygen atoms in total. The van der Waals surface area contributed by atoms with Gasteiger partial charge in [-0.25, -0.2) is 14.7 Å². The Kier molecular flexibility index (Phi) is 6.40. The molecule has 0 unspecified atom stereocenters. The molecule has 2 aliphatic rings. The Morgan fingerprint density at radius 2 is 1.55 bits per heavy atom. The number of aliphatic imine (C=N–C) groups is 2. The van der Waals surface area contributed by atoms with E-state index in [0.717, 1.165) is 45.4 Å². The zero-order valence-corrected chi connectivity index (χ0v) is 24.0. The van der Waals surface area contributed by atoms with Gasteiger partial charge in [0.25, 0.3) is 0 Å². The third kappa shape index (κ3) is 4.28. The van der Waals surface area contributed by atoms with Crippen LogP contribution in [0.25, 0.3) is 5.69 Å². The van der Waals surface area contributed by atoms with Gasteiger partial charge in [-0.15, -0.1) is 0 Å². The molecule has 4 aromatic carbocycles. The van der Waals surface area contributed by atoms with Crippen LogP contribution >= 0.6 is 11.6 Å². The van der Waals surface area contributed by atoms with Crippen LogP contribution < -0.4 is 19.7 Å². The third-order valence-electron chi connectivity index (χ3n) is 7.47. The number of anilines is 2. The standard InChI is InChI=1S/C33H27ClN6O2/c1-20-29-30(21-13-15-22(34)16-14-21)39-26-12-8-7-11-25(26)36-31(35-23-17-18-27(41-2)28(19-23)42-3)33(39)37-32(29)40(38-20)24-9-5-4-6-10-24/h4-19,30H,1-3H3,(H,35,36)/t30-/m0/s1. The predicted octanol–water partition coefficient (Wildman–Crippen LogP) is 7.65. The van der Waals surface area contributed by atoms with Crippen LogP contribution in [0.4, 0.5) is 22.9 Å². The maximum absolute atomic E-state index is 6.34. The van der Waals surface area contributed by atoms with Crippen LogP contribution in [0, 0.1) is 6.92 Å². The van der Waals surface area contributed by atoms with Crippen molar-refractivity contribution in [2.24, 2.45) is 9.98 Å². The second-order valence-electron chi connectivity index (χ2n) is 9.97. The van der Waals surface area contributed by atoms with Crippen LogP contribution in [-0.2, 0) is 0 Å². The molecule has 3 heterocycles. The first-order valence-corrected chi connectivity index (χ1v) is 13.9. The molecule has 5 aromatic rings. The molecule has 0 aliphatic carbocycles. The van der Waals surface area contributed by atoms with Crippen molar-refractivity contribution >= 4 is 46.2 Å². The molecule has 7 rings (SSSR count). The van der Waals surface area contributed by atoms with E-state index in [-0.39, 0.29) is 6.04 Å². The van der Waals surface area contributed by atoms with E-state index in [1.165, 1.54) is 0 Å². The molecule has 1 N–H and O–H groups in total. The molecule has 0 radical (unpaired) electrons. The average molecular weight is 575 g/mol. The van der Waals surface area contributed by atoms with Crippen LogP contribution in [0.1, 0.15) is 22.9 Å². The van der Waals surface area contributed by atoms with Crippen LogP contribution in [0.3, 0.4) is 0 Å². The van der Waals surface area contributed by atoms with Gasteiger partial charge in [-0.2, -0.15) is 5.10 Å². The number of fused-ring (bicyclic) bond motifs is 4. The van der Waals surface area contributed by atoms with Gasteiger partial charge in [0.05, 0.1) is 43.0 Å². The molecule has 0 amide bonds. The first kappa shape index (κ1) is 25.9. The fraction of sp³-hybridized carbons (Fsp3) is 0.121. The SMILES string of the molecule is COc1ccc(NC2=Nc3ccccc3N3C2=Nc2c(c(C)nn2-c2ccccc2)[C@@H]3c2ccc(Cl)cc2)cc1OC. The van der Waals surface area contributed by atoms with Crippen molar-refractivity contribution in [2.45, 2.75) is 13.0 Å². The minimum absolute atomic E-state index is 0.235. The van der Waals surface area contributed by atoms with E-state index in [4.69, 9.17) is 36.2 Å². The van der Waals surface area contributed by atoms with E-state index in [0.29, 0.717) is 28.2 Å². The maximum atomic E-state index is 6.34. The Bertz CT molecular complexity index is 1860. The van der Waals surface area contributed by atoms with Gasteiger partial charge >= 0.3 is 0 Å². The second-order valence-corrected chi connectivity index (χ2v) is 10.4. The summed E-state index contributed by atoms with van der Waals surface area (Å²) in [6, 6.07) is 31.6. The fourth-order valence-electron chi connectivity index (χ4n) is 5.56. The zero-order chi connectivity index (χ0) is 28.8. The Hall–Kier alpha value is -5.08. The Labute approximate surface area is 248 Å². The van der Waals surface area contributed by atoms with Gasteiger partial charge in [-0.05, 0) is 61.0 Å². The minimum atomic E-state index is -0.235. The van der Waals surface area contributed by atoms with Crippen molar-refractivity contribution in [1.29, 1.82) is 0 Å². The van der Waals surface area contributed by atoms with Gasteiger partial charge in [-0.1, -0.05) is 54.1 Å². The van der Waals surface area contributed by atoms with Crippen molar-refractivity contribution in [2.75, 3.05) is 24.4 Å². The van der Waals surface area contributed by atoms with E-state index < -0.39 is 0 Å². The molecule has 0 saturated carbocycles. The number of nitrogens with zero attached hydrogens (tertiary/aromatic N) is 5. The number of amidine groups is 2. The van der Waals surface area contributed by atoms with Gasteiger partial charge < -0.3 is 19.7 Å². The summed E-state index contributed by atoms with van der Waals surface area (Å²) < 4.78 is 12.9. The van der Waals surface area contributed by atoms with Gasteiger partial charge in [0.2, 0.25) is 0 Å². The molecule has 0 spiro atoms. The summed E-state index contributed by atoms with van der Waals surface area (Å²) in [6.45, 7) is 2.04. The lowest BCUT2D eigenvalue weighted by molar-refractivity contribution is 0.355. The summed E-state index contributed by atoms with van der Waals surface area (Å²) in [5.41, 5.74) is 6.47. The predicted molar refractivity (Wildman–Crippen MR) is 168 cm³/mol. The quantitative estimate of drug-likeness (QED) is 0.233. The lowest BCUT2D eigenvalue weighted by Gasteiger charge is -2.40. The summed E-state index contributed by atoms with van der Waals surface area (Å²) in [5.74, 6) is 3.29. The van der Waals surface area contributed by atoms with Crippen molar-refractivity contribution in [3.05, 3.63) is 119 Å². The number of aryl methyl sites for hydroxylation is 1. The Morgan fingerprint density at radius 1 is 0.810 bits per heavy atom. The largest absolute Gasteiger partial charge is 0.493 e.